The van der Waals surface area contributed by atoms with Gasteiger partial charge in [-0.05, 0) is 39.7 Å². The van der Waals surface area contributed by atoms with Crippen molar-refractivity contribution in [3.63, 3.8) is 0 Å². The van der Waals surface area contributed by atoms with Gasteiger partial charge in [0, 0.05) is 36.9 Å². The van der Waals surface area contributed by atoms with Crippen molar-refractivity contribution in [1.29, 1.82) is 0 Å². The first kappa shape index (κ1) is 17.4. The van der Waals surface area contributed by atoms with Gasteiger partial charge in [0.05, 0.1) is 11.9 Å². The molecular formula is C15H28N4O2S. The normalized spacial score (nSPS) is 20.5. The maximum atomic E-state index is 11.4. The second-order valence-electron chi connectivity index (χ2n) is 6.34. The minimum atomic E-state index is -3.13. The SMILES string of the molecule is CCCn1nc(C)c(CN2CCC[C@H](NS(C)(=O)=O)C2)c1C. The third-order valence-electron chi connectivity index (χ3n) is 4.23. The van der Waals surface area contributed by atoms with Crippen LogP contribution in [0, 0.1) is 13.8 Å². The second-order valence-corrected chi connectivity index (χ2v) is 8.12. The quantitative estimate of drug-likeness (QED) is 0.858. The number of sulfonamides is 1. The Balaban J connectivity index is 2.04. The molecule has 0 aliphatic carbocycles. The third kappa shape index (κ3) is 4.54. The molecule has 126 valence electrons. The van der Waals surface area contributed by atoms with Gasteiger partial charge in [-0.15, -0.1) is 0 Å². The summed E-state index contributed by atoms with van der Waals surface area (Å²) in [6.45, 7) is 9.92. The molecule has 1 aromatic heterocycles. The van der Waals surface area contributed by atoms with Crippen LogP contribution in [-0.4, -0.2) is 48.5 Å². The minimum absolute atomic E-state index is 0.0232. The summed E-state index contributed by atoms with van der Waals surface area (Å²) < 4.78 is 27.6. The highest BCUT2D eigenvalue weighted by atomic mass is 32.2. The fourth-order valence-electron chi connectivity index (χ4n) is 3.21. The van der Waals surface area contributed by atoms with E-state index in [2.05, 4.69) is 40.2 Å². The first-order valence-corrected chi connectivity index (χ1v) is 9.92. The number of nitrogens with zero attached hydrogens (tertiary/aromatic N) is 3. The number of hydrogen-bond donors (Lipinski definition) is 1. The highest BCUT2D eigenvalue weighted by Crippen LogP contribution is 2.19. The van der Waals surface area contributed by atoms with Gasteiger partial charge in [0.15, 0.2) is 0 Å². The molecule has 1 saturated heterocycles. The molecule has 1 aliphatic rings. The largest absolute Gasteiger partial charge is 0.297 e. The number of aromatic nitrogens is 2. The van der Waals surface area contributed by atoms with E-state index >= 15 is 0 Å². The van der Waals surface area contributed by atoms with E-state index in [1.54, 1.807) is 0 Å². The van der Waals surface area contributed by atoms with Gasteiger partial charge in [0.25, 0.3) is 0 Å². The molecule has 1 aliphatic heterocycles. The molecule has 2 rings (SSSR count). The summed E-state index contributed by atoms with van der Waals surface area (Å²) >= 11 is 0. The number of aryl methyl sites for hydroxylation is 2. The Kier molecular flexibility index (Phi) is 5.63. The van der Waals surface area contributed by atoms with E-state index in [0.29, 0.717) is 0 Å². The molecule has 0 amide bonds. The first-order valence-electron chi connectivity index (χ1n) is 8.02. The van der Waals surface area contributed by atoms with Gasteiger partial charge in [-0.25, -0.2) is 13.1 Å². The lowest BCUT2D eigenvalue weighted by Crippen LogP contribution is -2.47. The minimum Gasteiger partial charge on any atom is -0.297 e. The lowest BCUT2D eigenvalue weighted by Gasteiger charge is -2.32. The van der Waals surface area contributed by atoms with Crippen molar-refractivity contribution in [2.45, 2.75) is 59.2 Å². The van der Waals surface area contributed by atoms with Gasteiger partial charge in [-0.1, -0.05) is 6.92 Å². The molecule has 0 spiro atoms. The van der Waals surface area contributed by atoms with Gasteiger partial charge < -0.3 is 0 Å². The summed E-state index contributed by atoms with van der Waals surface area (Å²) in [7, 11) is -3.13. The molecule has 2 heterocycles. The molecule has 7 heteroatoms. The maximum absolute atomic E-state index is 11.4. The molecular weight excluding hydrogens is 300 g/mol. The second kappa shape index (κ2) is 7.10. The number of hydrogen-bond acceptors (Lipinski definition) is 4. The molecule has 22 heavy (non-hydrogen) atoms. The van der Waals surface area contributed by atoms with Crippen LogP contribution in [0.25, 0.3) is 0 Å². The fourth-order valence-corrected chi connectivity index (χ4v) is 4.01. The molecule has 0 radical (unpaired) electrons. The van der Waals surface area contributed by atoms with E-state index in [-0.39, 0.29) is 6.04 Å². The van der Waals surface area contributed by atoms with Crippen molar-refractivity contribution in [1.82, 2.24) is 19.4 Å². The van der Waals surface area contributed by atoms with Crippen molar-refractivity contribution >= 4 is 10.0 Å². The Hall–Kier alpha value is -0.920. The molecule has 6 nitrogen and oxygen atoms in total. The van der Waals surface area contributed by atoms with Crippen LogP contribution in [0.15, 0.2) is 0 Å². The Bertz CT molecular complexity index is 609. The maximum Gasteiger partial charge on any atom is 0.208 e. The summed E-state index contributed by atoms with van der Waals surface area (Å²) in [6.07, 6.45) is 4.24. The van der Waals surface area contributed by atoms with E-state index in [1.807, 2.05) is 0 Å². The number of nitrogens with one attached hydrogen (secondary N) is 1. The first-order chi connectivity index (χ1) is 10.3. The van der Waals surface area contributed by atoms with Crippen LogP contribution < -0.4 is 4.72 Å². The van der Waals surface area contributed by atoms with Crippen LogP contribution in [0.5, 0.6) is 0 Å². The molecule has 0 saturated carbocycles. The average Bonchev–Trinajstić information content (AvgIpc) is 2.66. The molecule has 0 aromatic carbocycles. The molecule has 0 bridgehead atoms. The summed E-state index contributed by atoms with van der Waals surface area (Å²) in [5.41, 5.74) is 3.61. The van der Waals surface area contributed by atoms with Crippen LogP contribution in [0.4, 0.5) is 0 Å². The Morgan fingerprint density at radius 2 is 2.09 bits per heavy atom. The fraction of sp³-hybridized carbons (Fsp3) is 0.800. The number of piperidine rings is 1. The zero-order valence-corrected chi connectivity index (χ0v) is 14.9. The van der Waals surface area contributed by atoms with Crippen LogP contribution in [0.3, 0.4) is 0 Å². The van der Waals surface area contributed by atoms with Crippen molar-refractivity contribution in [2.75, 3.05) is 19.3 Å². The topological polar surface area (TPSA) is 67.2 Å². The molecule has 1 fully saturated rings. The van der Waals surface area contributed by atoms with E-state index in [0.717, 1.165) is 51.1 Å². The summed E-state index contributed by atoms with van der Waals surface area (Å²) in [6, 6.07) is 0.0232. The lowest BCUT2D eigenvalue weighted by molar-refractivity contribution is 0.194. The summed E-state index contributed by atoms with van der Waals surface area (Å²) in [5, 5.41) is 4.62. The van der Waals surface area contributed by atoms with Gasteiger partial charge in [0.1, 0.15) is 0 Å². The zero-order chi connectivity index (χ0) is 16.3. The van der Waals surface area contributed by atoms with Crippen molar-refractivity contribution < 1.29 is 8.42 Å². The molecule has 1 atom stereocenters. The number of rotatable bonds is 6. The van der Waals surface area contributed by atoms with E-state index in [9.17, 15) is 8.42 Å². The number of likely N-dealkylation sites (tertiary alicyclic amines) is 1. The Morgan fingerprint density at radius 1 is 1.36 bits per heavy atom. The third-order valence-corrected chi connectivity index (χ3v) is 5.00. The van der Waals surface area contributed by atoms with Gasteiger partial charge >= 0.3 is 0 Å². The van der Waals surface area contributed by atoms with Crippen LogP contribution in [0.1, 0.15) is 43.1 Å². The molecule has 1 aromatic rings. The lowest BCUT2D eigenvalue weighted by atomic mass is 10.1. The van der Waals surface area contributed by atoms with Crippen molar-refractivity contribution in [3.8, 4) is 0 Å². The standard InChI is InChI=1S/C15H28N4O2S/c1-5-8-19-13(3)15(12(2)16-19)11-18-9-6-7-14(10-18)17-22(4,20)21/h14,17H,5-11H2,1-4H3/t14-/m0/s1. The summed E-state index contributed by atoms with van der Waals surface area (Å²) in [5.74, 6) is 0. The highest BCUT2D eigenvalue weighted by Gasteiger charge is 2.24. The zero-order valence-electron chi connectivity index (χ0n) is 14.1. The van der Waals surface area contributed by atoms with Crippen LogP contribution in [0.2, 0.25) is 0 Å². The van der Waals surface area contributed by atoms with Crippen LogP contribution in [-0.2, 0) is 23.1 Å². The molecule has 1 N–H and O–H groups in total. The monoisotopic (exact) mass is 328 g/mol. The van der Waals surface area contributed by atoms with E-state index < -0.39 is 10.0 Å². The predicted octanol–water partition coefficient (Wildman–Crippen LogP) is 1.42. The Labute approximate surface area is 133 Å². The van der Waals surface area contributed by atoms with E-state index in [4.69, 9.17) is 0 Å². The highest BCUT2D eigenvalue weighted by molar-refractivity contribution is 7.88. The van der Waals surface area contributed by atoms with Crippen molar-refractivity contribution in [2.24, 2.45) is 0 Å². The van der Waals surface area contributed by atoms with Gasteiger partial charge in [0.2, 0.25) is 10.0 Å². The molecule has 0 unspecified atom stereocenters. The van der Waals surface area contributed by atoms with E-state index in [1.165, 1.54) is 17.5 Å². The smallest absolute Gasteiger partial charge is 0.208 e. The predicted molar refractivity (Wildman–Crippen MR) is 88.3 cm³/mol. The Morgan fingerprint density at radius 3 is 2.73 bits per heavy atom. The summed E-state index contributed by atoms with van der Waals surface area (Å²) in [4.78, 5) is 2.33. The van der Waals surface area contributed by atoms with Gasteiger partial charge in [-0.2, -0.15) is 5.10 Å². The van der Waals surface area contributed by atoms with Crippen molar-refractivity contribution in [3.05, 3.63) is 17.0 Å². The van der Waals surface area contributed by atoms with Gasteiger partial charge in [-0.3, -0.25) is 9.58 Å². The average molecular weight is 328 g/mol. The van der Waals surface area contributed by atoms with Crippen LogP contribution >= 0.6 is 0 Å².